The Labute approximate surface area is 118 Å². The molecule has 7 nitrogen and oxygen atoms in total. The van der Waals surface area contributed by atoms with Crippen LogP contribution in [0.15, 0.2) is 11.3 Å². The first-order chi connectivity index (χ1) is 9.58. The first kappa shape index (κ1) is 15.1. The maximum absolute atomic E-state index is 11.7. The van der Waals surface area contributed by atoms with Crippen LogP contribution < -0.4 is 21.5 Å². The minimum atomic E-state index is -0.874. The van der Waals surface area contributed by atoms with E-state index in [4.69, 9.17) is 0 Å². The topological polar surface area (TPSA) is 106 Å². The quantitative estimate of drug-likeness (QED) is 0.398. The molecule has 1 saturated carbocycles. The van der Waals surface area contributed by atoms with Crippen LogP contribution in [0.4, 0.5) is 4.79 Å². The highest BCUT2D eigenvalue weighted by Gasteiger charge is 2.28. The largest absolute Gasteiger partial charge is 0.387 e. The molecule has 0 spiro atoms. The summed E-state index contributed by atoms with van der Waals surface area (Å²) in [5.74, 6) is 0. The normalized spacial score (nSPS) is 29.9. The lowest BCUT2D eigenvalue weighted by Gasteiger charge is -2.23. The SMILES string of the molecule is C/C(NNC(=O)NC1CCCCC1)=C1\C(O)CNC1O. The third-order valence-electron chi connectivity index (χ3n) is 3.90. The molecule has 7 heteroatoms. The Kier molecular flexibility index (Phi) is 5.22. The molecular weight excluding hydrogens is 260 g/mol. The molecule has 0 aromatic carbocycles. The van der Waals surface area contributed by atoms with E-state index in [1.165, 1.54) is 6.42 Å². The summed E-state index contributed by atoms with van der Waals surface area (Å²) in [5.41, 5.74) is 6.28. The van der Waals surface area contributed by atoms with Crippen LogP contribution in [-0.2, 0) is 0 Å². The second-order valence-corrected chi connectivity index (χ2v) is 5.47. The van der Waals surface area contributed by atoms with Crippen molar-refractivity contribution in [2.75, 3.05) is 6.54 Å². The zero-order valence-electron chi connectivity index (χ0n) is 11.8. The molecule has 0 radical (unpaired) electrons. The third-order valence-corrected chi connectivity index (χ3v) is 3.90. The first-order valence-electron chi connectivity index (χ1n) is 7.20. The molecule has 1 aliphatic heterocycles. The first-order valence-corrected chi connectivity index (χ1v) is 7.20. The van der Waals surface area contributed by atoms with Gasteiger partial charge >= 0.3 is 6.03 Å². The van der Waals surface area contributed by atoms with Crippen molar-refractivity contribution in [1.82, 2.24) is 21.5 Å². The van der Waals surface area contributed by atoms with Gasteiger partial charge in [-0.3, -0.25) is 10.7 Å². The summed E-state index contributed by atoms with van der Waals surface area (Å²) in [7, 11) is 0. The van der Waals surface area contributed by atoms with E-state index >= 15 is 0 Å². The van der Waals surface area contributed by atoms with Crippen LogP contribution in [0.5, 0.6) is 0 Å². The van der Waals surface area contributed by atoms with Gasteiger partial charge in [0, 0.05) is 23.9 Å². The lowest BCUT2D eigenvalue weighted by Crippen LogP contribution is -2.48. The highest BCUT2D eigenvalue weighted by atomic mass is 16.3. The molecule has 0 aromatic heterocycles. The van der Waals surface area contributed by atoms with E-state index in [1.54, 1.807) is 6.92 Å². The average Bonchev–Trinajstić information content (AvgIpc) is 2.77. The summed E-state index contributed by atoms with van der Waals surface area (Å²) >= 11 is 0. The minimum absolute atomic E-state index is 0.239. The molecule has 2 atom stereocenters. The van der Waals surface area contributed by atoms with Crippen molar-refractivity contribution in [3.63, 3.8) is 0 Å². The Morgan fingerprint density at radius 3 is 2.50 bits per heavy atom. The van der Waals surface area contributed by atoms with E-state index in [0.717, 1.165) is 25.7 Å². The molecule has 2 fully saturated rings. The van der Waals surface area contributed by atoms with Gasteiger partial charge in [-0.05, 0) is 19.8 Å². The van der Waals surface area contributed by atoms with Gasteiger partial charge in [0.2, 0.25) is 0 Å². The molecule has 2 unspecified atom stereocenters. The molecule has 1 saturated heterocycles. The molecule has 114 valence electrons. The highest BCUT2D eigenvalue weighted by Crippen LogP contribution is 2.17. The van der Waals surface area contributed by atoms with Crippen molar-refractivity contribution in [2.45, 2.75) is 57.4 Å². The summed E-state index contributed by atoms with van der Waals surface area (Å²) in [4.78, 5) is 11.7. The van der Waals surface area contributed by atoms with Gasteiger partial charge in [0.25, 0.3) is 0 Å². The van der Waals surface area contributed by atoms with E-state index in [1.807, 2.05) is 0 Å². The van der Waals surface area contributed by atoms with Crippen LogP contribution in [0.3, 0.4) is 0 Å². The van der Waals surface area contributed by atoms with Gasteiger partial charge in [-0.1, -0.05) is 19.3 Å². The number of carbonyl (C=O) groups excluding carboxylic acids is 1. The summed E-state index contributed by atoms with van der Waals surface area (Å²) in [6, 6.07) is -0.0466. The Balaban J connectivity index is 1.79. The van der Waals surface area contributed by atoms with Gasteiger partial charge in [0.15, 0.2) is 0 Å². The van der Waals surface area contributed by atoms with Gasteiger partial charge in [-0.15, -0.1) is 0 Å². The second kappa shape index (κ2) is 6.92. The van der Waals surface area contributed by atoms with Gasteiger partial charge in [0.1, 0.15) is 6.23 Å². The monoisotopic (exact) mass is 284 g/mol. The van der Waals surface area contributed by atoms with E-state index in [9.17, 15) is 15.0 Å². The predicted octanol–water partition coefficient (Wildman–Crippen LogP) is -0.321. The standard InChI is InChI=1S/C13H24N4O3/c1-8(11-10(18)7-14-12(11)19)16-17-13(20)15-9-5-3-2-4-6-9/h9-10,12,14,16,18-19H,2-7H2,1H3,(H2,15,17,20)/b11-8-. The lowest BCUT2D eigenvalue weighted by atomic mass is 9.96. The molecule has 2 amide bonds. The molecule has 20 heavy (non-hydrogen) atoms. The van der Waals surface area contributed by atoms with Crippen LogP contribution in [0.2, 0.25) is 0 Å². The number of allylic oxidation sites excluding steroid dienone is 1. The lowest BCUT2D eigenvalue weighted by molar-refractivity contribution is 0.185. The summed E-state index contributed by atoms with van der Waals surface area (Å²) in [6.45, 7) is 2.01. The second-order valence-electron chi connectivity index (χ2n) is 5.47. The van der Waals surface area contributed by atoms with Crippen LogP contribution in [0.1, 0.15) is 39.0 Å². The van der Waals surface area contributed by atoms with E-state index in [0.29, 0.717) is 17.8 Å². The minimum Gasteiger partial charge on any atom is -0.387 e. The molecule has 2 aliphatic rings. The Bertz CT molecular complexity index is 368. The molecule has 1 aliphatic carbocycles. The Hall–Kier alpha value is -1.31. The number of hydrogen-bond donors (Lipinski definition) is 6. The van der Waals surface area contributed by atoms with E-state index in [2.05, 4.69) is 21.5 Å². The van der Waals surface area contributed by atoms with Crippen LogP contribution >= 0.6 is 0 Å². The van der Waals surface area contributed by atoms with Crippen molar-refractivity contribution < 1.29 is 15.0 Å². The number of nitrogens with one attached hydrogen (secondary N) is 4. The maximum Gasteiger partial charge on any atom is 0.333 e. The molecule has 2 rings (SSSR count). The number of hydrazine groups is 1. The van der Waals surface area contributed by atoms with E-state index in [-0.39, 0.29) is 12.1 Å². The molecular formula is C13H24N4O3. The number of amides is 2. The predicted molar refractivity (Wildman–Crippen MR) is 74.4 cm³/mol. The molecule has 6 N–H and O–H groups in total. The number of carbonyl (C=O) groups is 1. The third kappa shape index (κ3) is 3.84. The number of rotatable bonds is 3. The zero-order chi connectivity index (χ0) is 14.5. The smallest absolute Gasteiger partial charge is 0.333 e. The van der Waals surface area contributed by atoms with Gasteiger partial charge in [0.05, 0.1) is 6.10 Å². The van der Waals surface area contributed by atoms with Crippen LogP contribution in [-0.4, -0.2) is 41.2 Å². The van der Waals surface area contributed by atoms with Crippen molar-refractivity contribution in [3.05, 3.63) is 11.3 Å². The van der Waals surface area contributed by atoms with Crippen LogP contribution in [0, 0.1) is 0 Å². The fourth-order valence-electron chi connectivity index (χ4n) is 2.77. The summed E-state index contributed by atoms with van der Waals surface area (Å²) in [5, 5.41) is 25.0. The summed E-state index contributed by atoms with van der Waals surface area (Å²) < 4.78 is 0. The molecule has 0 bridgehead atoms. The Morgan fingerprint density at radius 2 is 1.90 bits per heavy atom. The number of aliphatic hydroxyl groups excluding tert-OH is 2. The zero-order valence-corrected chi connectivity index (χ0v) is 11.8. The number of β-amino-alcohol motifs (C(OH)–C–C–N with tert-alkyl or cyclic N) is 1. The maximum atomic E-state index is 11.7. The van der Waals surface area contributed by atoms with E-state index < -0.39 is 12.3 Å². The summed E-state index contributed by atoms with van der Waals surface area (Å²) in [6.07, 6.45) is 3.99. The molecule has 1 heterocycles. The van der Waals surface area contributed by atoms with Crippen molar-refractivity contribution in [1.29, 1.82) is 0 Å². The average molecular weight is 284 g/mol. The van der Waals surface area contributed by atoms with Gasteiger partial charge < -0.3 is 21.0 Å². The number of urea groups is 1. The molecule has 0 aromatic rings. The van der Waals surface area contributed by atoms with Crippen LogP contribution in [0.25, 0.3) is 0 Å². The van der Waals surface area contributed by atoms with Gasteiger partial charge in [-0.2, -0.15) is 0 Å². The number of hydrogen-bond acceptors (Lipinski definition) is 5. The Morgan fingerprint density at radius 1 is 1.20 bits per heavy atom. The van der Waals surface area contributed by atoms with Gasteiger partial charge in [-0.25, -0.2) is 4.79 Å². The van der Waals surface area contributed by atoms with Crippen molar-refractivity contribution >= 4 is 6.03 Å². The number of aliphatic hydroxyl groups is 2. The van der Waals surface area contributed by atoms with Crippen molar-refractivity contribution in [2.24, 2.45) is 0 Å². The van der Waals surface area contributed by atoms with Crippen molar-refractivity contribution in [3.8, 4) is 0 Å². The fraction of sp³-hybridized carbons (Fsp3) is 0.769. The fourth-order valence-corrected chi connectivity index (χ4v) is 2.77. The highest BCUT2D eigenvalue weighted by molar-refractivity contribution is 5.73.